The number of benzene rings is 1. The second-order valence-electron chi connectivity index (χ2n) is 4.12. The summed E-state index contributed by atoms with van der Waals surface area (Å²) in [5.74, 6) is 0.821. The number of aliphatic imine (C=N–C) groups is 1. The van der Waals surface area contributed by atoms with Gasteiger partial charge in [0, 0.05) is 12.7 Å². The van der Waals surface area contributed by atoms with Gasteiger partial charge < -0.3 is 9.30 Å². The van der Waals surface area contributed by atoms with E-state index in [4.69, 9.17) is 4.74 Å². The fraction of sp³-hybridized carbons (Fsp3) is 0.267. The fourth-order valence-corrected chi connectivity index (χ4v) is 1.74. The minimum absolute atomic E-state index is 0.649. The Labute approximate surface area is 108 Å². The maximum Gasteiger partial charge on any atom is 0.144 e. The van der Waals surface area contributed by atoms with Crippen molar-refractivity contribution in [3.05, 3.63) is 47.8 Å². The second kappa shape index (κ2) is 5.54. The van der Waals surface area contributed by atoms with E-state index in [-0.39, 0.29) is 0 Å². The maximum absolute atomic E-state index is 5.54. The molecular formula is C15H18N2O. The van der Waals surface area contributed by atoms with Gasteiger partial charge in [-0.15, -0.1) is 0 Å². The number of aryl methyl sites for hydroxylation is 1. The molecule has 0 aliphatic rings. The molecule has 18 heavy (non-hydrogen) atoms. The third kappa shape index (κ3) is 2.62. The molecule has 2 rings (SSSR count). The molecule has 94 valence electrons. The molecular weight excluding hydrogens is 224 g/mol. The summed E-state index contributed by atoms with van der Waals surface area (Å²) in [6, 6.07) is 11.9. The first-order chi connectivity index (χ1) is 8.72. The highest BCUT2D eigenvalue weighted by molar-refractivity contribution is 5.81. The first kappa shape index (κ1) is 12.4. The van der Waals surface area contributed by atoms with E-state index >= 15 is 0 Å². The van der Waals surface area contributed by atoms with Gasteiger partial charge in [-0.05, 0) is 38.1 Å². The lowest BCUT2D eigenvalue weighted by atomic mass is 10.3. The van der Waals surface area contributed by atoms with Gasteiger partial charge in [0.2, 0.25) is 0 Å². The minimum atomic E-state index is 0.649. The molecule has 1 aromatic heterocycles. The molecule has 0 spiro atoms. The Hall–Kier alpha value is -2.03. The van der Waals surface area contributed by atoms with Crippen molar-refractivity contribution in [3.8, 4) is 5.75 Å². The topological polar surface area (TPSA) is 26.5 Å². The van der Waals surface area contributed by atoms with E-state index in [1.165, 1.54) is 5.69 Å². The predicted octanol–water partition coefficient (Wildman–Crippen LogP) is 3.48. The molecule has 3 nitrogen and oxygen atoms in total. The van der Waals surface area contributed by atoms with Gasteiger partial charge in [0.1, 0.15) is 11.4 Å². The molecule has 2 aromatic rings. The zero-order chi connectivity index (χ0) is 13.0. The summed E-state index contributed by atoms with van der Waals surface area (Å²) in [5.41, 5.74) is 3.16. The van der Waals surface area contributed by atoms with E-state index in [1.807, 2.05) is 44.5 Å². The average Bonchev–Trinajstić information content (AvgIpc) is 2.70. The molecule has 1 aromatic carbocycles. The van der Waals surface area contributed by atoms with Crippen LogP contribution in [0.3, 0.4) is 0 Å². The molecule has 0 aliphatic carbocycles. The van der Waals surface area contributed by atoms with E-state index in [1.54, 1.807) is 0 Å². The van der Waals surface area contributed by atoms with Crippen molar-refractivity contribution in [2.45, 2.75) is 13.8 Å². The van der Waals surface area contributed by atoms with Crippen molar-refractivity contribution >= 4 is 11.9 Å². The molecule has 0 fully saturated rings. The number of rotatable bonds is 4. The Morgan fingerprint density at radius 1 is 1.22 bits per heavy atom. The third-order valence-corrected chi connectivity index (χ3v) is 2.91. The number of aromatic nitrogens is 1. The molecule has 0 radical (unpaired) electrons. The van der Waals surface area contributed by atoms with Crippen molar-refractivity contribution in [1.29, 1.82) is 0 Å². The van der Waals surface area contributed by atoms with Gasteiger partial charge >= 0.3 is 0 Å². The number of hydrogen-bond donors (Lipinski definition) is 0. The molecule has 1 heterocycles. The van der Waals surface area contributed by atoms with Gasteiger partial charge in [0.05, 0.1) is 18.5 Å². The lowest BCUT2D eigenvalue weighted by Crippen LogP contribution is -1.96. The third-order valence-electron chi connectivity index (χ3n) is 2.91. The first-order valence-corrected chi connectivity index (χ1v) is 6.10. The first-order valence-electron chi connectivity index (χ1n) is 6.10. The molecule has 0 N–H and O–H groups in total. The van der Waals surface area contributed by atoms with Crippen LogP contribution in [-0.4, -0.2) is 17.4 Å². The van der Waals surface area contributed by atoms with Crippen molar-refractivity contribution < 1.29 is 4.74 Å². The molecule has 0 amide bonds. The molecule has 0 saturated carbocycles. The van der Waals surface area contributed by atoms with Crippen LogP contribution in [0.15, 0.2) is 41.4 Å². The van der Waals surface area contributed by atoms with Crippen LogP contribution >= 0.6 is 0 Å². The van der Waals surface area contributed by atoms with Crippen molar-refractivity contribution in [3.63, 3.8) is 0 Å². The fourth-order valence-electron chi connectivity index (χ4n) is 1.74. The number of ether oxygens (including phenoxy) is 1. The lowest BCUT2D eigenvalue weighted by Gasteiger charge is -2.05. The van der Waals surface area contributed by atoms with Crippen LogP contribution < -0.4 is 4.74 Å². The molecule has 3 heteroatoms. The van der Waals surface area contributed by atoms with Crippen LogP contribution in [0.1, 0.15) is 18.3 Å². The summed E-state index contributed by atoms with van der Waals surface area (Å²) in [4.78, 5) is 4.50. The Balaban J connectivity index is 2.26. The largest absolute Gasteiger partial charge is 0.492 e. The summed E-state index contributed by atoms with van der Waals surface area (Å²) in [6.45, 7) is 4.70. The van der Waals surface area contributed by atoms with Gasteiger partial charge in [-0.2, -0.15) is 0 Å². The van der Waals surface area contributed by atoms with Crippen LogP contribution in [-0.2, 0) is 7.05 Å². The number of hydrogen-bond acceptors (Lipinski definition) is 2. The van der Waals surface area contributed by atoms with Crippen LogP contribution in [0, 0.1) is 6.92 Å². The Kier molecular flexibility index (Phi) is 3.82. The summed E-state index contributed by atoms with van der Waals surface area (Å²) in [7, 11) is 2.03. The standard InChI is InChI=1S/C15H18N2O/c1-4-18-15-8-6-5-7-14(15)16-11-13-10-9-12(2)17(13)3/h5-11H,4H2,1-3H3. The van der Waals surface area contributed by atoms with Crippen molar-refractivity contribution in [1.82, 2.24) is 4.57 Å². The van der Waals surface area contributed by atoms with Crippen molar-refractivity contribution in [2.75, 3.05) is 6.61 Å². The average molecular weight is 242 g/mol. The highest BCUT2D eigenvalue weighted by Crippen LogP contribution is 2.26. The predicted molar refractivity (Wildman–Crippen MR) is 75.0 cm³/mol. The van der Waals surface area contributed by atoms with E-state index in [0.717, 1.165) is 17.1 Å². The summed E-state index contributed by atoms with van der Waals surface area (Å²) < 4.78 is 7.64. The monoisotopic (exact) mass is 242 g/mol. The van der Waals surface area contributed by atoms with Gasteiger partial charge in [-0.3, -0.25) is 4.99 Å². The van der Waals surface area contributed by atoms with Gasteiger partial charge in [0.25, 0.3) is 0 Å². The highest BCUT2D eigenvalue weighted by atomic mass is 16.5. The Morgan fingerprint density at radius 3 is 2.67 bits per heavy atom. The SMILES string of the molecule is CCOc1ccccc1N=Cc1ccc(C)n1C. The van der Waals surface area contributed by atoms with E-state index in [9.17, 15) is 0 Å². The lowest BCUT2D eigenvalue weighted by molar-refractivity contribution is 0.341. The molecule has 0 unspecified atom stereocenters. The van der Waals surface area contributed by atoms with E-state index < -0.39 is 0 Å². The van der Waals surface area contributed by atoms with Crippen LogP contribution in [0.25, 0.3) is 0 Å². The Morgan fingerprint density at radius 2 is 2.00 bits per heavy atom. The zero-order valence-electron chi connectivity index (χ0n) is 11.1. The van der Waals surface area contributed by atoms with E-state index in [0.29, 0.717) is 6.61 Å². The normalized spacial score (nSPS) is 11.1. The quantitative estimate of drug-likeness (QED) is 0.754. The van der Waals surface area contributed by atoms with Crippen LogP contribution in [0.4, 0.5) is 5.69 Å². The maximum atomic E-state index is 5.54. The van der Waals surface area contributed by atoms with Crippen LogP contribution in [0.5, 0.6) is 5.75 Å². The number of para-hydroxylation sites is 2. The number of nitrogens with zero attached hydrogens (tertiary/aromatic N) is 2. The summed E-state index contributed by atoms with van der Waals surface area (Å²) >= 11 is 0. The second-order valence-corrected chi connectivity index (χ2v) is 4.12. The van der Waals surface area contributed by atoms with Gasteiger partial charge in [0.15, 0.2) is 0 Å². The van der Waals surface area contributed by atoms with E-state index in [2.05, 4.69) is 28.6 Å². The zero-order valence-corrected chi connectivity index (χ0v) is 11.1. The van der Waals surface area contributed by atoms with Crippen molar-refractivity contribution in [2.24, 2.45) is 12.0 Å². The summed E-state index contributed by atoms with van der Waals surface area (Å²) in [5, 5.41) is 0. The Bertz CT molecular complexity index is 555. The minimum Gasteiger partial charge on any atom is -0.492 e. The van der Waals surface area contributed by atoms with Crippen LogP contribution in [0.2, 0.25) is 0 Å². The highest BCUT2D eigenvalue weighted by Gasteiger charge is 2.01. The van der Waals surface area contributed by atoms with Gasteiger partial charge in [-0.25, -0.2) is 0 Å². The molecule has 0 aliphatic heterocycles. The summed E-state index contributed by atoms with van der Waals surface area (Å²) in [6.07, 6.45) is 1.87. The molecule has 0 bridgehead atoms. The molecule has 0 saturated heterocycles. The smallest absolute Gasteiger partial charge is 0.144 e. The van der Waals surface area contributed by atoms with Gasteiger partial charge in [-0.1, -0.05) is 12.1 Å². The molecule has 0 atom stereocenters.